The van der Waals surface area contributed by atoms with Gasteiger partial charge in [-0.15, -0.1) is 0 Å². The number of anilines is 1. The van der Waals surface area contributed by atoms with Crippen LogP contribution in [-0.4, -0.2) is 64.8 Å². The number of carbonyl (C=O) groups is 2. The molecule has 1 N–H and O–H groups in total. The number of hydrogen-bond acceptors (Lipinski definition) is 5. The second kappa shape index (κ2) is 10.5. The summed E-state index contributed by atoms with van der Waals surface area (Å²) in [6.45, 7) is 2.07. The summed E-state index contributed by atoms with van der Waals surface area (Å²) in [4.78, 5) is 37.6. The molecule has 0 unspecified atom stereocenters. The number of aromatic nitrogens is 2. The molecule has 7 nitrogen and oxygen atoms in total. The largest absolute Gasteiger partial charge is 0.370 e. The van der Waals surface area contributed by atoms with Crippen molar-refractivity contribution in [3.8, 4) is 0 Å². The van der Waals surface area contributed by atoms with Crippen molar-refractivity contribution in [3.63, 3.8) is 0 Å². The Labute approximate surface area is 172 Å². The second-order valence-electron chi connectivity index (χ2n) is 7.39. The van der Waals surface area contributed by atoms with Gasteiger partial charge < -0.3 is 15.1 Å². The van der Waals surface area contributed by atoms with E-state index in [1.165, 1.54) is 0 Å². The van der Waals surface area contributed by atoms with Gasteiger partial charge in [0.1, 0.15) is 5.82 Å². The SMILES string of the molecule is CN1CCCNc2cccc(n2)CCCN(C(=O)CCc2cccnc2)CC1=O. The van der Waals surface area contributed by atoms with Crippen LogP contribution in [-0.2, 0) is 22.4 Å². The highest BCUT2D eigenvalue weighted by molar-refractivity contribution is 5.84. The molecule has 1 aliphatic heterocycles. The number of carbonyl (C=O) groups excluding carboxylic acids is 2. The molecule has 29 heavy (non-hydrogen) atoms. The van der Waals surface area contributed by atoms with E-state index in [0.29, 0.717) is 25.9 Å². The van der Waals surface area contributed by atoms with Crippen molar-refractivity contribution in [1.82, 2.24) is 19.8 Å². The summed E-state index contributed by atoms with van der Waals surface area (Å²) in [6.07, 6.45) is 6.87. The third-order valence-corrected chi connectivity index (χ3v) is 5.10. The number of rotatable bonds is 3. The number of nitrogens with zero attached hydrogens (tertiary/aromatic N) is 4. The average molecular weight is 396 g/mol. The highest BCUT2D eigenvalue weighted by Crippen LogP contribution is 2.10. The van der Waals surface area contributed by atoms with Crippen LogP contribution < -0.4 is 5.32 Å². The lowest BCUT2D eigenvalue weighted by atomic mass is 10.1. The molecule has 0 aliphatic carbocycles. The number of pyridine rings is 2. The zero-order chi connectivity index (χ0) is 20.5. The molecule has 154 valence electrons. The van der Waals surface area contributed by atoms with E-state index in [0.717, 1.165) is 42.9 Å². The summed E-state index contributed by atoms with van der Waals surface area (Å²) in [5, 5.41) is 3.31. The molecular weight excluding hydrogens is 366 g/mol. The predicted molar refractivity (Wildman–Crippen MR) is 112 cm³/mol. The van der Waals surface area contributed by atoms with E-state index in [1.807, 2.05) is 30.3 Å². The number of likely N-dealkylation sites (N-methyl/N-ethyl adjacent to an activating group) is 1. The highest BCUT2D eigenvalue weighted by atomic mass is 16.2. The number of fused-ring (bicyclic) bond motifs is 2. The average Bonchev–Trinajstić information content (AvgIpc) is 2.74. The van der Waals surface area contributed by atoms with Crippen molar-refractivity contribution < 1.29 is 9.59 Å². The standard InChI is InChI=1S/C22H29N5O2/c1-26-14-5-13-24-20-9-2-7-19(25-20)8-4-15-27(17-22(26)29)21(28)11-10-18-6-3-12-23-16-18/h2-3,6-7,9,12,16H,4-5,8,10-11,13-15,17H2,1H3,(H,24,25). The van der Waals surface area contributed by atoms with Crippen LogP contribution in [0.3, 0.4) is 0 Å². The van der Waals surface area contributed by atoms with E-state index in [4.69, 9.17) is 0 Å². The molecule has 0 spiro atoms. The van der Waals surface area contributed by atoms with E-state index in [-0.39, 0.29) is 18.4 Å². The van der Waals surface area contributed by atoms with Gasteiger partial charge in [-0.25, -0.2) is 4.98 Å². The van der Waals surface area contributed by atoms with Gasteiger partial charge in [-0.1, -0.05) is 12.1 Å². The zero-order valence-corrected chi connectivity index (χ0v) is 17.0. The molecule has 2 aromatic rings. The molecule has 0 saturated heterocycles. The Morgan fingerprint density at radius 3 is 2.90 bits per heavy atom. The fourth-order valence-electron chi connectivity index (χ4n) is 3.36. The van der Waals surface area contributed by atoms with Crippen LogP contribution in [0, 0.1) is 0 Å². The lowest BCUT2D eigenvalue weighted by Crippen LogP contribution is -2.42. The molecule has 0 fully saturated rings. The topological polar surface area (TPSA) is 78.4 Å². The summed E-state index contributed by atoms with van der Waals surface area (Å²) in [7, 11) is 1.80. The maximum atomic E-state index is 12.8. The van der Waals surface area contributed by atoms with Gasteiger partial charge in [-0.3, -0.25) is 14.6 Å². The monoisotopic (exact) mass is 395 g/mol. The van der Waals surface area contributed by atoms with Crippen LogP contribution >= 0.6 is 0 Å². The highest BCUT2D eigenvalue weighted by Gasteiger charge is 2.19. The van der Waals surface area contributed by atoms with Gasteiger partial charge in [0.05, 0.1) is 6.54 Å². The van der Waals surface area contributed by atoms with Crippen molar-refractivity contribution in [1.29, 1.82) is 0 Å². The van der Waals surface area contributed by atoms with E-state index in [9.17, 15) is 9.59 Å². The normalized spacial score (nSPS) is 16.1. The second-order valence-corrected chi connectivity index (χ2v) is 7.39. The molecule has 2 bridgehead atoms. The number of nitrogens with one attached hydrogen (secondary N) is 1. The van der Waals surface area contributed by atoms with Crippen molar-refractivity contribution >= 4 is 17.6 Å². The summed E-state index contributed by atoms with van der Waals surface area (Å²) < 4.78 is 0. The molecule has 1 aliphatic rings. The Morgan fingerprint density at radius 1 is 1.17 bits per heavy atom. The van der Waals surface area contributed by atoms with Gasteiger partial charge in [-0.2, -0.15) is 0 Å². The Morgan fingerprint density at radius 2 is 2.07 bits per heavy atom. The van der Waals surface area contributed by atoms with Crippen molar-refractivity contribution in [3.05, 3.63) is 54.0 Å². The quantitative estimate of drug-likeness (QED) is 0.862. The van der Waals surface area contributed by atoms with Crippen molar-refractivity contribution in [2.75, 3.05) is 38.5 Å². The van der Waals surface area contributed by atoms with Gasteiger partial charge in [0.15, 0.2) is 0 Å². The van der Waals surface area contributed by atoms with Gasteiger partial charge >= 0.3 is 0 Å². The van der Waals surface area contributed by atoms with Crippen molar-refractivity contribution in [2.24, 2.45) is 0 Å². The van der Waals surface area contributed by atoms with E-state index in [2.05, 4.69) is 15.3 Å². The lowest BCUT2D eigenvalue weighted by molar-refractivity contribution is -0.139. The Bertz CT molecular complexity index is 812. The maximum Gasteiger partial charge on any atom is 0.241 e. The van der Waals surface area contributed by atoms with Gasteiger partial charge in [0.2, 0.25) is 11.8 Å². The van der Waals surface area contributed by atoms with E-state index >= 15 is 0 Å². The van der Waals surface area contributed by atoms with Crippen LogP contribution in [0.25, 0.3) is 0 Å². The number of hydrogen-bond donors (Lipinski definition) is 1. The van der Waals surface area contributed by atoms with Crippen LogP contribution in [0.15, 0.2) is 42.7 Å². The molecule has 0 saturated carbocycles. The van der Waals surface area contributed by atoms with Gasteiger partial charge in [-0.05, 0) is 49.4 Å². The Hall–Kier alpha value is -2.96. The molecule has 0 radical (unpaired) electrons. The molecule has 0 aromatic carbocycles. The maximum absolute atomic E-state index is 12.8. The minimum Gasteiger partial charge on any atom is -0.370 e. The summed E-state index contributed by atoms with van der Waals surface area (Å²) in [6, 6.07) is 9.80. The molecule has 2 aromatic heterocycles. The van der Waals surface area contributed by atoms with Crippen molar-refractivity contribution in [2.45, 2.75) is 32.1 Å². The molecule has 3 rings (SSSR count). The summed E-state index contributed by atoms with van der Waals surface area (Å²) >= 11 is 0. The van der Waals surface area contributed by atoms with Gasteiger partial charge in [0.25, 0.3) is 0 Å². The molecule has 3 heterocycles. The van der Waals surface area contributed by atoms with Crippen LogP contribution in [0.4, 0.5) is 5.82 Å². The lowest BCUT2D eigenvalue weighted by Gasteiger charge is -2.26. The fourth-order valence-corrected chi connectivity index (χ4v) is 3.36. The van der Waals surface area contributed by atoms with E-state index in [1.54, 1.807) is 29.2 Å². The Kier molecular flexibility index (Phi) is 7.55. The minimum atomic E-state index is -0.0200. The third kappa shape index (κ3) is 6.55. The third-order valence-electron chi connectivity index (χ3n) is 5.10. The first-order valence-electron chi connectivity index (χ1n) is 10.2. The van der Waals surface area contributed by atoms with E-state index < -0.39 is 0 Å². The van der Waals surface area contributed by atoms with Crippen LogP contribution in [0.5, 0.6) is 0 Å². The minimum absolute atomic E-state index is 0.00562. The molecule has 7 heteroatoms. The fraction of sp³-hybridized carbons (Fsp3) is 0.455. The summed E-state index contributed by atoms with van der Waals surface area (Å²) in [5.74, 6) is 0.845. The molecular formula is C22H29N5O2. The Balaban J connectivity index is 1.66. The first-order chi connectivity index (χ1) is 14.1. The van der Waals surface area contributed by atoms with Crippen LogP contribution in [0.2, 0.25) is 0 Å². The first kappa shape index (κ1) is 20.8. The smallest absolute Gasteiger partial charge is 0.241 e. The predicted octanol–water partition coefficient (Wildman–Crippen LogP) is 2.14. The van der Waals surface area contributed by atoms with Crippen LogP contribution in [0.1, 0.15) is 30.5 Å². The molecule has 2 amide bonds. The summed E-state index contributed by atoms with van der Waals surface area (Å²) in [5.41, 5.74) is 2.03. The number of amides is 2. The van der Waals surface area contributed by atoms with Gasteiger partial charge in [0, 0.05) is 51.2 Å². The molecule has 0 atom stereocenters. The zero-order valence-electron chi connectivity index (χ0n) is 17.0. The first-order valence-corrected chi connectivity index (χ1v) is 10.2. The number of aryl methyl sites for hydroxylation is 2.